The molecule has 0 spiro atoms. The molecular formula is C14H15N3O3. The van der Waals surface area contributed by atoms with Crippen molar-refractivity contribution in [2.24, 2.45) is 0 Å². The van der Waals surface area contributed by atoms with Crippen LogP contribution in [0, 0.1) is 0 Å². The number of nitrogens with zero attached hydrogens (tertiary/aromatic N) is 2. The second-order valence-electron chi connectivity index (χ2n) is 4.12. The standard InChI is InChI=1S/C14H15N3O3/c1-2-20-13(18)9-17-14(19)11(15)8-12(16-17)10-6-4-3-5-7-10/h3-8H,2,9,15H2,1H3. The Hall–Kier alpha value is -2.63. The molecule has 0 bridgehead atoms. The molecule has 0 fully saturated rings. The van der Waals surface area contributed by atoms with Crippen molar-refractivity contribution >= 4 is 11.7 Å². The molecule has 6 nitrogen and oxygen atoms in total. The Morgan fingerprint density at radius 1 is 1.35 bits per heavy atom. The van der Waals surface area contributed by atoms with E-state index >= 15 is 0 Å². The summed E-state index contributed by atoms with van der Waals surface area (Å²) in [6.07, 6.45) is 0. The van der Waals surface area contributed by atoms with Crippen molar-refractivity contribution in [1.29, 1.82) is 0 Å². The summed E-state index contributed by atoms with van der Waals surface area (Å²) < 4.78 is 5.83. The molecule has 0 aliphatic heterocycles. The van der Waals surface area contributed by atoms with Crippen LogP contribution >= 0.6 is 0 Å². The van der Waals surface area contributed by atoms with E-state index in [2.05, 4.69) is 5.10 Å². The van der Waals surface area contributed by atoms with Crippen LogP contribution in [0.15, 0.2) is 41.2 Å². The first-order valence-electron chi connectivity index (χ1n) is 6.20. The van der Waals surface area contributed by atoms with Crippen LogP contribution in [0.4, 0.5) is 5.69 Å². The molecule has 2 rings (SSSR count). The highest BCUT2D eigenvalue weighted by molar-refractivity contribution is 5.69. The maximum Gasteiger partial charge on any atom is 0.327 e. The van der Waals surface area contributed by atoms with Gasteiger partial charge in [-0.3, -0.25) is 9.59 Å². The minimum absolute atomic E-state index is 0.0446. The van der Waals surface area contributed by atoms with Gasteiger partial charge in [0.2, 0.25) is 0 Å². The number of anilines is 1. The predicted molar refractivity (Wildman–Crippen MR) is 75.0 cm³/mol. The normalized spacial score (nSPS) is 10.2. The summed E-state index contributed by atoms with van der Waals surface area (Å²) in [6.45, 7) is 1.70. The second-order valence-corrected chi connectivity index (χ2v) is 4.12. The van der Waals surface area contributed by atoms with Crippen LogP contribution in [0.1, 0.15) is 6.92 Å². The Labute approximate surface area is 115 Å². The van der Waals surface area contributed by atoms with E-state index in [1.807, 2.05) is 30.3 Å². The van der Waals surface area contributed by atoms with Crippen LogP contribution < -0.4 is 11.3 Å². The van der Waals surface area contributed by atoms with Gasteiger partial charge < -0.3 is 10.5 Å². The van der Waals surface area contributed by atoms with Gasteiger partial charge in [-0.05, 0) is 13.0 Å². The topological polar surface area (TPSA) is 87.2 Å². The molecule has 6 heteroatoms. The number of rotatable bonds is 4. The molecule has 0 radical (unpaired) electrons. The summed E-state index contributed by atoms with van der Waals surface area (Å²) in [7, 11) is 0. The van der Waals surface area contributed by atoms with Gasteiger partial charge in [-0.15, -0.1) is 0 Å². The Kier molecular flexibility index (Phi) is 4.14. The summed E-state index contributed by atoms with van der Waals surface area (Å²) in [5.41, 5.74) is 6.58. The number of hydrogen-bond donors (Lipinski definition) is 1. The summed E-state index contributed by atoms with van der Waals surface area (Å²) >= 11 is 0. The van der Waals surface area contributed by atoms with Gasteiger partial charge in [-0.2, -0.15) is 5.10 Å². The lowest BCUT2D eigenvalue weighted by Crippen LogP contribution is -2.29. The Morgan fingerprint density at radius 2 is 2.05 bits per heavy atom. The first-order valence-corrected chi connectivity index (χ1v) is 6.20. The maximum atomic E-state index is 11.9. The number of nitrogens with two attached hydrogens (primary N) is 1. The van der Waals surface area contributed by atoms with Crippen LogP contribution in [0.2, 0.25) is 0 Å². The quantitative estimate of drug-likeness (QED) is 0.841. The van der Waals surface area contributed by atoms with E-state index in [4.69, 9.17) is 10.5 Å². The van der Waals surface area contributed by atoms with E-state index in [0.717, 1.165) is 10.2 Å². The SMILES string of the molecule is CCOC(=O)Cn1nc(-c2ccccc2)cc(N)c1=O. The fourth-order valence-electron chi connectivity index (χ4n) is 1.75. The number of hydrogen-bond acceptors (Lipinski definition) is 5. The van der Waals surface area contributed by atoms with E-state index < -0.39 is 11.5 Å². The van der Waals surface area contributed by atoms with Gasteiger partial charge in [0.25, 0.3) is 5.56 Å². The van der Waals surface area contributed by atoms with E-state index in [1.165, 1.54) is 6.07 Å². The van der Waals surface area contributed by atoms with Crippen LogP contribution in [0.25, 0.3) is 11.3 Å². The highest BCUT2D eigenvalue weighted by atomic mass is 16.5. The van der Waals surface area contributed by atoms with Gasteiger partial charge >= 0.3 is 5.97 Å². The smallest absolute Gasteiger partial charge is 0.327 e. The third-order valence-electron chi connectivity index (χ3n) is 2.66. The molecule has 104 valence electrons. The number of aromatic nitrogens is 2. The molecule has 0 atom stereocenters. The van der Waals surface area contributed by atoms with Crippen molar-refractivity contribution in [1.82, 2.24) is 9.78 Å². The zero-order chi connectivity index (χ0) is 14.5. The van der Waals surface area contributed by atoms with Crippen molar-refractivity contribution in [3.8, 4) is 11.3 Å². The second kappa shape index (κ2) is 6.01. The van der Waals surface area contributed by atoms with Gasteiger partial charge in [0, 0.05) is 5.56 Å². The van der Waals surface area contributed by atoms with Gasteiger partial charge in [0.1, 0.15) is 12.2 Å². The van der Waals surface area contributed by atoms with Crippen molar-refractivity contribution < 1.29 is 9.53 Å². The first kappa shape index (κ1) is 13.8. The zero-order valence-electron chi connectivity index (χ0n) is 11.1. The van der Waals surface area contributed by atoms with Crippen molar-refractivity contribution in [2.45, 2.75) is 13.5 Å². The Bertz CT molecular complexity index is 665. The number of ether oxygens (including phenoxy) is 1. The lowest BCUT2D eigenvalue weighted by molar-refractivity contribution is -0.144. The number of carbonyl (C=O) groups is 1. The van der Waals surface area contributed by atoms with Crippen LogP contribution in [0.5, 0.6) is 0 Å². The van der Waals surface area contributed by atoms with Crippen LogP contribution in [-0.4, -0.2) is 22.4 Å². The third-order valence-corrected chi connectivity index (χ3v) is 2.66. The molecule has 0 aliphatic carbocycles. The molecule has 20 heavy (non-hydrogen) atoms. The van der Waals surface area contributed by atoms with Gasteiger partial charge in [-0.25, -0.2) is 4.68 Å². The van der Waals surface area contributed by atoms with Gasteiger partial charge in [0.15, 0.2) is 0 Å². The average Bonchev–Trinajstić information content (AvgIpc) is 2.45. The van der Waals surface area contributed by atoms with Crippen molar-refractivity contribution in [2.75, 3.05) is 12.3 Å². The zero-order valence-corrected chi connectivity index (χ0v) is 11.1. The van der Waals surface area contributed by atoms with Crippen LogP contribution in [-0.2, 0) is 16.1 Å². The molecule has 1 heterocycles. The molecule has 0 amide bonds. The first-order chi connectivity index (χ1) is 9.61. The minimum Gasteiger partial charge on any atom is -0.465 e. The molecular weight excluding hydrogens is 258 g/mol. The van der Waals surface area contributed by atoms with E-state index in [-0.39, 0.29) is 18.8 Å². The molecule has 0 saturated heterocycles. The Morgan fingerprint density at radius 3 is 2.70 bits per heavy atom. The largest absolute Gasteiger partial charge is 0.465 e. The predicted octanol–water partition coefficient (Wildman–Crippen LogP) is 1.06. The number of nitrogen functional groups attached to an aromatic ring is 1. The fraction of sp³-hybridized carbons (Fsp3) is 0.214. The van der Waals surface area contributed by atoms with E-state index in [1.54, 1.807) is 6.92 Å². The van der Waals surface area contributed by atoms with Crippen molar-refractivity contribution in [3.63, 3.8) is 0 Å². The molecule has 2 N–H and O–H groups in total. The van der Waals surface area contributed by atoms with Gasteiger partial charge in [-0.1, -0.05) is 30.3 Å². The van der Waals surface area contributed by atoms with E-state index in [9.17, 15) is 9.59 Å². The van der Waals surface area contributed by atoms with Crippen molar-refractivity contribution in [3.05, 3.63) is 46.8 Å². The number of carbonyl (C=O) groups excluding carboxylic acids is 1. The molecule has 0 unspecified atom stereocenters. The average molecular weight is 273 g/mol. The highest BCUT2D eigenvalue weighted by Crippen LogP contribution is 2.16. The number of esters is 1. The molecule has 2 aromatic rings. The van der Waals surface area contributed by atoms with Crippen LogP contribution in [0.3, 0.4) is 0 Å². The summed E-state index contributed by atoms with van der Waals surface area (Å²) in [5.74, 6) is -0.522. The molecule has 1 aromatic carbocycles. The molecule has 1 aromatic heterocycles. The summed E-state index contributed by atoms with van der Waals surface area (Å²) in [4.78, 5) is 23.3. The fourth-order valence-corrected chi connectivity index (χ4v) is 1.75. The lowest BCUT2D eigenvalue weighted by atomic mass is 10.1. The molecule has 0 aliphatic rings. The maximum absolute atomic E-state index is 11.9. The highest BCUT2D eigenvalue weighted by Gasteiger charge is 2.11. The van der Waals surface area contributed by atoms with E-state index in [0.29, 0.717) is 5.69 Å². The lowest BCUT2D eigenvalue weighted by Gasteiger charge is -2.08. The minimum atomic E-state index is -0.522. The third kappa shape index (κ3) is 3.03. The number of benzene rings is 1. The summed E-state index contributed by atoms with van der Waals surface area (Å²) in [5, 5.41) is 4.15. The van der Waals surface area contributed by atoms with Gasteiger partial charge in [0.05, 0.1) is 12.3 Å². The summed E-state index contributed by atoms with van der Waals surface area (Å²) in [6, 6.07) is 10.8. The monoisotopic (exact) mass is 273 g/mol. The Balaban J connectivity index is 2.40. The molecule has 0 saturated carbocycles.